The first kappa shape index (κ1) is 26.7. The number of hydrogen-bond acceptors (Lipinski definition) is 6. The number of carbonyl (C=O) groups excluding carboxylic acids is 2. The molecule has 1 aromatic heterocycles. The zero-order valence-corrected chi connectivity index (χ0v) is 24.2. The summed E-state index contributed by atoms with van der Waals surface area (Å²) in [5.74, 6) is 0.221. The lowest BCUT2D eigenvalue weighted by molar-refractivity contribution is -0.113. The summed E-state index contributed by atoms with van der Waals surface area (Å²) >= 11 is 12.5. The zero-order valence-electron chi connectivity index (χ0n) is 20.3. The van der Waals surface area contributed by atoms with Crippen LogP contribution >= 0.6 is 50.6 Å². The van der Waals surface area contributed by atoms with Crippen molar-refractivity contribution in [1.82, 2.24) is 9.88 Å². The highest BCUT2D eigenvalue weighted by Gasteiger charge is 2.22. The maximum absolute atomic E-state index is 12.8. The Bertz CT molecular complexity index is 1420. The Morgan fingerprint density at radius 3 is 2.45 bits per heavy atom. The van der Waals surface area contributed by atoms with E-state index in [2.05, 4.69) is 31.1 Å². The van der Waals surface area contributed by atoms with Gasteiger partial charge in [0.15, 0.2) is 4.34 Å². The van der Waals surface area contributed by atoms with Crippen molar-refractivity contribution >= 4 is 73.8 Å². The minimum Gasteiger partial charge on any atom is -0.368 e. The number of thioether (sulfide) groups is 1. The second-order valence-corrected chi connectivity index (χ2v) is 12.1. The lowest BCUT2D eigenvalue weighted by Crippen LogP contribution is -2.48. The van der Waals surface area contributed by atoms with Gasteiger partial charge in [0.25, 0.3) is 5.91 Å². The quantitative estimate of drug-likeness (QED) is 0.226. The lowest BCUT2D eigenvalue weighted by atomic mass is 10.1. The molecule has 0 spiro atoms. The topological polar surface area (TPSA) is 65.5 Å². The summed E-state index contributed by atoms with van der Waals surface area (Å²) < 4.78 is 1.89. The van der Waals surface area contributed by atoms with E-state index in [4.69, 9.17) is 11.6 Å². The highest BCUT2D eigenvalue weighted by molar-refractivity contribution is 9.10. The Labute approximate surface area is 243 Å². The van der Waals surface area contributed by atoms with E-state index >= 15 is 0 Å². The number of hydrogen-bond donors (Lipinski definition) is 1. The molecular formula is C28H24BrClN4O2S2. The summed E-state index contributed by atoms with van der Waals surface area (Å²) in [6.45, 7) is 2.76. The summed E-state index contributed by atoms with van der Waals surface area (Å²) in [7, 11) is 0. The molecular weight excluding hydrogens is 604 g/mol. The molecule has 0 bridgehead atoms. The normalized spacial score (nSPS) is 13.4. The van der Waals surface area contributed by atoms with Crippen LogP contribution in [-0.4, -0.2) is 53.6 Å². The molecule has 1 saturated heterocycles. The van der Waals surface area contributed by atoms with Gasteiger partial charge in [0.05, 0.1) is 11.4 Å². The van der Waals surface area contributed by atoms with Gasteiger partial charge >= 0.3 is 0 Å². The monoisotopic (exact) mass is 626 g/mol. The number of rotatable bonds is 7. The first-order valence-electron chi connectivity index (χ1n) is 12.0. The summed E-state index contributed by atoms with van der Waals surface area (Å²) in [6, 6.07) is 22.9. The largest absolute Gasteiger partial charge is 0.368 e. The Balaban J connectivity index is 1.09. The molecule has 6 nitrogen and oxygen atoms in total. The number of aromatic nitrogens is 1. The molecule has 1 aliphatic heterocycles. The molecule has 0 aliphatic carbocycles. The van der Waals surface area contributed by atoms with Crippen molar-refractivity contribution in [3.8, 4) is 11.3 Å². The molecule has 0 unspecified atom stereocenters. The van der Waals surface area contributed by atoms with Crippen molar-refractivity contribution in [1.29, 1.82) is 0 Å². The predicted octanol–water partition coefficient (Wildman–Crippen LogP) is 6.92. The minimum atomic E-state index is -0.0729. The Morgan fingerprint density at radius 2 is 1.74 bits per heavy atom. The molecule has 10 heteroatoms. The van der Waals surface area contributed by atoms with E-state index in [0.29, 0.717) is 23.7 Å². The number of nitrogens with zero attached hydrogens (tertiary/aromatic N) is 3. The third-order valence-electron chi connectivity index (χ3n) is 6.10. The maximum atomic E-state index is 12.8. The van der Waals surface area contributed by atoms with E-state index in [-0.39, 0.29) is 17.6 Å². The van der Waals surface area contributed by atoms with Crippen LogP contribution in [0.25, 0.3) is 11.3 Å². The number of benzene rings is 3. The standard InChI is InChI=1S/C28H24BrClN4O2S2/c29-21-6-4-19(5-7-21)25-17-37-28(32-25)38-18-26(35)31-23-8-10-24(11-9-23)33-12-14-34(15-13-33)27(36)20-2-1-3-22(30)16-20/h1-11,16-17H,12-15,18H2,(H,31,35). The van der Waals surface area contributed by atoms with Gasteiger partial charge in [-0.25, -0.2) is 4.98 Å². The number of nitrogens with one attached hydrogen (secondary N) is 1. The minimum absolute atomic E-state index is 0.00497. The number of halogens is 2. The van der Waals surface area contributed by atoms with E-state index in [0.717, 1.165) is 44.5 Å². The summed E-state index contributed by atoms with van der Waals surface area (Å²) in [4.78, 5) is 34.0. The molecule has 5 rings (SSSR count). The van der Waals surface area contributed by atoms with Crippen molar-refractivity contribution in [2.75, 3.05) is 42.1 Å². The van der Waals surface area contributed by atoms with Crippen LogP contribution in [0.15, 0.2) is 87.0 Å². The van der Waals surface area contributed by atoms with Crippen LogP contribution in [0.3, 0.4) is 0 Å². The van der Waals surface area contributed by atoms with Crippen LogP contribution in [0.5, 0.6) is 0 Å². The van der Waals surface area contributed by atoms with Gasteiger partial charge in [-0.3, -0.25) is 9.59 Å². The van der Waals surface area contributed by atoms with Crippen LogP contribution in [-0.2, 0) is 4.79 Å². The number of amides is 2. The van der Waals surface area contributed by atoms with E-state index in [1.807, 2.05) is 58.8 Å². The third-order valence-corrected chi connectivity index (χ3v) is 8.89. The summed E-state index contributed by atoms with van der Waals surface area (Å²) in [6.07, 6.45) is 0. The Hall–Kier alpha value is -2.85. The molecule has 0 saturated carbocycles. The second kappa shape index (κ2) is 12.3. The lowest BCUT2D eigenvalue weighted by Gasteiger charge is -2.36. The van der Waals surface area contributed by atoms with Gasteiger partial charge in [-0.15, -0.1) is 11.3 Å². The fraction of sp³-hybridized carbons (Fsp3) is 0.179. The Morgan fingerprint density at radius 1 is 1.00 bits per heavy atom. The highest BCUT2D eigenvalue weighted by atomic mass is 79.9. The molecule has 1 aliphatic rings. The van der Waals surface area contributed by atoms with Gasteiger partial charge in [-0.1, -0.05) is 57.5 Å². The average Bonchev–Trinajstić information content (AvgIpc) is 3.42. The molecule has 2 heterocycles. The predicted molar refractivity (Wildman–Crippen MR) is 161 cm³/mol. The smallest absolute Gasteiger partial charge is 0.254 e. The zero-order chi connectivity index (χ0) is 26.5. The van der Waals surface area contributed by atoms with Gasteiger partial charge in [-0.05, 0) is 54.6 Å². The maximum Gasteiger partial charge on any atom is 0.254 e. The van der Waals surface area contributed by atoms with Gasteiger partial charge < -0.3 is 15.1 Å². The molecule has 3 aromatic carbocycles. The number of carbonyl (C=O) groups is 2. The van der Waals surface area contributed by atoms with Gasteiger partial charge in [0, 0.05) is 63.6 Å². The molecule has 38 heavy (non-hydrogen) atoms. The molecule has 0 atom stereocenters. The summed E-state index contributed by atoms with van der Waals surface area (Å²) in [5.41, 5.74) is 4.40. The number of piperazine rings is 1. The third kappa shape index (κ3) is 6.77. The van der Waals surface area contributed by atoms with Gasteiger partial charge in [-0.2, -0.15) is 0 Å². The van der Waals surface area contributed by atoms with Gasteiger partial charge in [0.1, 0.15) is 0 Å². The van der Waals surface area contributed by atoms with Crippen molar-refractivity contribution in [3.05, 3.63) is 93.2 Å². The van der Waals surface area contributed by atoms with Crippen molar-refractivity contribution in [3.63, 3.8) is 0 Å². The van der Waals surface area contributed by atoms with Crippen LogP contribution in [0.4, 0.5) is 11.4 Å². The van der Waals surface area contributed by atoms with Crippen LogP contribution in [0.2, 0.25) is 5.02 Å². The fourth-order valence-electron chi connectivity index (χ4n) is 4.13. The van der Waals surface area contributed by atoms with Crippen molar-refractivity contribution in [2.24, 2.45) is 0 Å². The number of thiazole rings is 1. The SMILES string of the molecule is O=C(CSc1nc(-c2ccc(Br)cc2)cs1)Nc1ccc(N2CCN(C(=O)c3cccc(Cl)c3)CC2)cc1. The van der Waals surface area contributed by atoms with Crippen molar-refractivity contribution in [2.45, 2.75) is 4.34 Å². The van der Waals surface area contributed by atoms with Crippen molar-refractivity contribution < 1.29 is 9.59 Å². The second-order valence-electron chi connectivity index (χ2n) is 8.68. The van der Waals surface area contributed by atoms with E-state index in [9.17, 15) is 9.59 Å². The molecule has 1 N–H and O–H groups in total. The first-order chi connectivity index (χ1) is 18.4. The van der Waals surface area contributed by atoms with Crippen LogP contribution in [0, 0.1) is 0 Å². The van der Waals surface area contributed by atoms with E-state index in [1.165, 1.54) is 23.1 Å². The Kier molecular flexibility index (Phi) is 8.68. The highest BCUT2D eigenvalue weighted by Crippen LogP contribution is 2.29. The average molecular weight is 628 g/mol. The molecule has 1 fully saturated rings. The van der Waals surface area contributed by atoms with Gasteiger partial charge in [0.2, 0.25) is 5.91 Å². The summed E-state index contributed by atoms with van der Waals surface area (Å²) in [5, 5.41) is 5.53. The van der Waals surface area contributed by atoms with E-state index in [1.54, 1.807) is 24.3 Å². The number of anilines is 2. The van der Waals surface area contributed by atoms with Crippen LogP contribution < -0.4 is 10.2 Å². The van der Waals surface area contributed by atoms with E-state index < -0.39 is 0 Å². The fourth-order valence-corrected chi connectivity index (χ4v) is 6.22. The molecule has 4 aromatic rings. The molecule has 0 radical (unpaired) electrons. The molecule has 194 valence electrons. The molecule has 2 amide bonds. The van der Waals surface area contributed by atoms with Crippen LogP contribution in [0.1, 0.15) is 10.4 Å². The first-order valence-corrected chi connectivity index (χ1v) is 15.0.